The number of hydrogen-bond acceptors (Lipinski definition) is 9. The molecule has 48 heavy (non-hydrogen) atoms. The van der Waals surface area contributed by atoms with E-state index in [0.717, 1.165) is 15.5 Å². The van der Waals surface area contributed by atoms with Crippen LogP contribution >= 0.6 is 43.3 Å². The van der Waals surface area contributed by atoms with Gasteiger partial charge in [-0.3, -0.25) is 4.79 Å². The molecule has 260 valence electrons. The van der Waals surface area contributed by atoms with Crippen LogP contribution in [0.5, 0.6) is 5.75 Å². The van der Waals surface area contributed by atoms with Gasteiger partial charge in [0.1, 0.15) is 24.3 Å². The van der Waals surface area contributed by atoms with Crippen molar-refractivity contribution in [1.82, 2.24) is 14.9 Å². The molecule has 1 aliphatic carbocycles. The lowest BCUT2D eigenvalue weighted by atomic mass is 10.1. The maximum atomic E-state index is 12.5. The summed E-state index contributed by atoms with van der Waals surface area (Å²) >= 11 is 14.4. The Labute approximate surface area is 301 Å². The molecule has 2 aliphatic rings. The van der Waals surface area contributed by atoms with Crippen LogP contribution in [0.1, 0.15) is 34.6 Å². The highest BCUT2D eigenvalue weighted by Gasteiger charge is 2.38. The van der Waals surface area contributed by atoms with E-state index >= 15 is 0 Å². The Hall–Kier alpha value is -2.49. The number of nitrogens with zero attached hydrogens (tertiary/aromatic N) is 2. The smallest absolute Gasteiger partial charge is 0.323 e. The zero-order valence-corrected chi connectivity index (χ0v) is 31.8. The minimum absolute atomic E-state index is 0.00674. The van der Waals surface area contributed by atoms with Crippen molar-refractivity contribution < 1.29 is 23.5 Å². The Balaban J connectivity index is 1.48. The average Bonchev–Trinajstić information content (AvgIpc) is 3.14. The lowest BCUT2D eigenvalue weighted by Gasteiger charge is -2.33. The van der Waals surface area contributed by atoms with Crippen LogP contribution in [0, 0.1) is 5.92 Å². The number of halogens is 2. The first-order valence-electron chi connectivity index (χ1n) is 16.0. The monoisotopic (exact) mass is 733 g/mol. The van der Waals surface area contributed by atoms with Crippen LogP contribution in [0.3, 0.4) is 0 Å². The molecule has 2 aromatic carbocycles. The van der Waals surface area contributed by atoms with E-state index in [2.05, 4.69) is 47.9 Å². The Morgan fingerprint density at radius 1 is 1.04 bits per heavy atom. The largest absolute Gasteiger partial charge is 0.462 e. The number of likely N-dealkylation sites (N-methyl/N-ethyl adjacent to an activating group) is 1. The molecule has 4 atom stereocenters. The molecule has 8 nitrogen and oxygen atoms in total. The van der Waals surface area contributed by atoms with Gasteiger partial charge in [-0.15, -0.1) is 0 Å². The number of allylic oxidation sites excluding steroid dienone is 3. The van der Waals surface area contributed by atoms with Gasteiger partial charge < -0.3 is 28.5 Å². The molecule has 0 saturated carbocycles. The third kappa shape index (κ3) is 11.0. The van der Waals surface area contributed by atoms with Crippen molar-refractivity contribution in [3.63, 3.8) is 0 Å². The molecule has 0 fully saturated rings. The van der Waals surface area contributed by atoms with E-state index in [1.807, 2.05) is 74.5 Å². The Morgan fingerprint density at radius 3 is 2.40 bits per heavy atom. The molecule has 12 heteroatoms. The second kappa shape index (κ2) is 18.5. The van der Waals surface area contributed by atoms with Crippen LogP contribution in [0.15, 0.2) is 100 Å². The average molecular weight is 735 g/mol. The van der Waals surface area contributed by atoms with Crippen molar-refractivity contribution in [2.75, 3.05) is 33.7 Å². The van der Waals surface area contributed by atoms with Crippen LogP contribution in [0.25, 0.3) is 0 Å². The number of thioether (sulfide) groups is 1. The maximum absolute atomic E-state index is 12.5. The fraction of sp³-hybridized carbons (Fsp3) is 0.417. The van der Waals surface area contributed by atoms with E-state index in [1.165, 1.54) is 5.70 Å². The molecule has 0 bridgehead atoms. The first-order chi connectivity index (χ1) is 22.9. The molecule has 2 aromatic rings. The van der Waals surface area contributed by atoms with Crippen molar-refractivity contribution in [3.05, 3.63) is 105 Å². The first kappa shape index (κ1) is 38.3. The number of para-hydroxylation sites is 1. The van der Waals surface area contributed by atoms with Gasteiger partial charge in [0.25, 0.3) is 0 Å². The number of ether oxygens (including phenoxy) is 3. The quantitative estimate of drug-likeness (QED) is 0.135. The van der Waals surface area contributed by atoms with Crippen LogP contribution in [-0.2, 0) is 19.0 Å². The summed E-state index contributed by atoms with van der Waals surface area (Å²) in [6.45, 7) is 11.0. The third-order valence-electron chi connectivity index (χ3n) is 7.43. The summed E-state index contributed by atoms with van der Waals surface area (Å²) in [5, 5.41) is 5.63. The predicted molar refractivity (Wildman–Crippen MR) is 198 cm³/mol. The van der Waals surface area contributed by atoms with Crippen molar-refractivity contribution in [2.45, 2.75) is 63.9 Å². The highest BCUT2D eigenvalue weighted by Crippen LogP contribution is 2.44. The fourth-order valence-electron chi connectivity index (χ4n) is 5.29. The van der Waals surface area contributed by atoms with Crippen LogP contribution in [0.2, 0.25) is 10.0 Å². The molecular weight excluding hydrogens is 688 g/mol. The Kier molecular flexibility index (Phi) is 14.8. The highest BCUT2D eigenvalue weighted by atomic mass is 35.5. The summed E-state index contributed by atoms with van der Waals surface area (Å²) in [5.74, 6) is 0.649. The van der Waals surface area contributed by atoms with Crippen molar-refractivity contribution in [1.29, 1.82) is 0 Å². The summed E-state index contributed by atoms with van der Waals surface area (Å²) in [6.07, 6.45) is 10.1. The summed E-state index contributed by atoms with van der Waals surface area (Å²) in [4.78, 5) is 18.2. The molecule has 0 amide bonds. The number of esters is 1. The molecule has 0 aromatic heterocycles. The second-order valence-electron chi connectivity index (χ2n) is 12.1. The number of hydrogen-bond donors (Lipinski definition) is 1. The summed E-state index contributed by atoms with van der Waals surface area (Å²) in [7, 11) is 2.49. The van der Waals surface area contributed by atoms with Gasteiger partial charge >= 0.3 is 5.97 Å². The maximum Gasteiger partial charge on any atom is 0.323 e. The van der Waals surface area contributed by atoms with E-state index < -0.39 is 14.3 Å². The normalized spacial score (nSPS) is 19.2. The van der Waals surface area contributed by atoms with Crippen LogP contribution in [0.4, 0.5) is 0 Å². The van der Waals surface area contributed by atoms with Crippen molar-refractivity contribution in [3.8, 4) is 5.75 Å². The topological polar surface area (TPSA) is 72.5 Å². The molecule has 0 saturated heterocycles. The van der Waals surface area contributed by atoms with Crippen LogP contribution in [-0.4, -0.2) is 73.8 Å². The van der Waals surface area contributed by atoms with Gasteiger partial charge in [-0.05, 0) is 62.6 Å². The third-order valence-corrected chi connectivity index (χ3v) is 10.5. The van der Waals surface area contributed by atoms with Gasteiger partial charge in [0.15, 0.2) is 8.30 Å². The number of carbonyl (C=O) groups is 1. The lowest BCUT2D eigenvalue weighted by Crippen LogP contribution is -2.42. The first-order valence-corrected chi connectivity index (χ1v) is 19.0. The number of nitrogens with one attached hydrogen (secondary N) is 1. The highest BCUT2D eigenvalue weighted by molar-refractivity contribution is 8.03. The number of carbonyl (C=O) groups excluding carboxylic acids is 1. The van der Waals surface area contributed by atoms with Crippen LogP contribution < -0.4 is 9.61 Å². The van der Waals surface area contributed by atoms with E-state index in [9.17, 15) is 4.79 Å². The number of benzene rings is 2. The van der Waals surface area contributed by atoms with Gasteiger partial charge in [-0.25, -0.2) is 5.09 Å². The van der Waals surface area contributed by atoms with Crippen molar-refractivity contribution >= 4 is 49.2 Å². The molecule has 1 N–H and O–H groups in total. The van der Waals surface area contributed by atoms with E-state index in [1.54, 1.807) is 31.9 Å². The minimum Gasteiger partial charge on any atom is -0.462 e. The summed E-state index contributed by atoms with van der Waals surface area (Å²) in [6, 6.07) is 14.6. The number of methoxy groups -OCH3 is 1. The summed E-state index contributed by atoms with van der Waals surface area (Å²) < 4.78 is 23.7. The van der Waals surface area contributed by atoms with Gasteiger partial charge in [0, 0.05) is 41.3 Å². The molecule has 4 rings (SSSR count). The van der Waals surface area contributed by atoms with Crippen molar-refractivity contribution in [2.24, 2.45) is 5.92 Å². The molecule has 0 spiro atoms. The minimum atomic E-state index is -1.36. The zero-order chi connectivity index (χ0) is 34.8. The van der Waals surface area contributed by atoms with E-state index in [-0.39, 0.29) is 36.6 Å². The molecular formula is C36H46Cl2N3O5PS. The standard InChI is InChI=1S/C36H46Cl2N3O5PS/c1-24(2)34-35(48-32-19-28(37)18-29(38)20-32)41(33(22-43-7)40(34)6)21-27-12-11-15-30(17-16-27)44-23-47(46-31-13-9-8-10-14-31)39-26(5)36(42)45-25(3)4/h8-20,24-26,30,33,39H,21-23H2,1-7H3. The van der Waals surface area contributed by atoms with Gasteiger partial charge in [0.2, 0.25) is 0 Å². The zero-order valence-electron chi connectivity index (χ0n) is 28.6. The molecule has 0 radical (unpaired) electrons. The number of rotatable bonds is 16. The van der Waals surface area contributed by atoms with Gasteiger partial charge in [0.05, 0.1) is 23.8 Å². The SMILES string of the molecule is COCC1N(C)C(C(C)C)=C(Sc2cc(Cl)cc(Cl)c2)N1CC1=CC=CC(OCP(NC(C)C(=O)OC(C)C)Oc2ccccc2)C=C1. The Morgan fingerprint density at radius 2 is 1.75 bits per heavy atom. The van der Waals surface area contributed by atoms with E-state index in [4.69, 9.17) is 41.9 Å². The Bertz CT molecular complexity index is 1480. The summed E-state index contributed by atoms with van der Waals surface area (Å²) in [5.41, 5.74) is 2.35. The van der Waals surface area contributed by atoms with Gasteiger partial charge in [-0.1, -0.05) is 97.4 Å². The second-order valence-corrected chi connectivity index (χ2v) is 15.5. The molecule has 1 heterocycles. The molecule has 1 aliphatic heterocycles. The lowest BCUT2D eigenvalue weighted by molar-refractivity contribution is -0.148. The van der Waals surface area contributed by atoms with Gasteiger partial charge in [-0.2, -0.15) is 0 Å². The predicted octanol–water partition coefficient (Wildman–Crippen LogP) is 8.85. The molecule has 4 unspecified atom stereocenters. The van der Waals surface area contributed by atoms with E-state index in [0.29, 0.717) is 28.9 Å². The fourth-order valence-corrected chi connectivity index (χ4v) is 8.73.